The molecule has 2 N–H and O–H groups in total. The molecule has 0 radical (unpaired) electrons. The minimum Gasteiger partial charge on any atom is -0.478 e. The molecule has 0 amide bonds. The van der Waals surface area contributed by atoms with Crippen molar-refractivity contribution in [3.8, 4) is 0 Å². The third-order valence-electron chi connectivity index (χ3n) is 4.75. The molecule has 5 heteroatoms. The van der Waals surface area contributed by atoms with Crippen LogP contribution in [0.15, 0.2) is 48.5 Å². The van der Waals surface area contributed by atoms with Crippen LogP contribution in [0, 0.1) is 6.92 Å². The van der Waals surface area contributed by atoms with E-state index in [1.807, 2.05) is 6.07 Å². The molecule has 0 aliphatic carbocycles. The van der Waals surface area contributed by atoms with Crippen LogP contribution < -0.4 is 5.32 Å². The number of carboxylic acid groups (broad SMARTS) is 1. The van der Waals surface area contributed by atoms with E-state index in [1.54, 1.807) is 18.2 Å². The maximum atomic E-state index is 11.1. The molecule has 3 rings (SSSR count). The molecule has 1 heterocycles. The Bertz CT molecular complexity index is 742. The molecule has 2 aromatic rings. The number of rotatable bonds is 7. The first-order valence-corrected chi connectivity index (χ1v) is 9.05. The Hall–Kier alpha value is -2.21. The summed E-state index contributed by atoms with van der Waals surface area (Å²) in [4.78, 5) is 13.6. The first-order chi connectivity index (χ1) is 12.6. The largest absolute Gasteiger partial charge is 0.478 e. The monoisotopic (exact) mass is 354 g/mol. The highest BCUT2D eigenvalue weighted by atomic mass is 16.5. The quantitative estimate of drug-likeness (QED) is 0.801. The van der Waals surface area contributed by atoms with Gasteiger partial charge in [-0.25, -0.2) is 4.79 Å². The Balaban J connectivity index is 1.67. The average Bonchev–Trinajstić information content (AvgIpc) is 2.66. The van der Waals surface area contributed by atoms with Crippen molar-refractivity contribution in [2.45, 2.75) is 19.5 Å². The summed E-state index contributed by atoms with van der Waals surface area (Å²) in [5, 5.41) is 12.6. The second-order valence-electron chi connectivity index (χ2n) is 6.71. The van der Waals surface area contributed by atoms with Crippen LogP contribution in [0.1, 0.15) is 33.1 Å². The van der Waals surface area contributed by atoms with Crippen LogP contribution in [-0.4, -0.2) is 48.8 Å². The van der Waals surface area contributed by atoms with Crippen LogP contribution in [0.25, 0.3) is 0 Å². The smallest absolute Gasteiger partial charge is 0.335 e. The SMILES string of the molecule is Cc1cccc(C(CNCc2cccc(C(=O)O)c2)N2CCOCC2)c1. The average molecular weight is 354 g/mol. The topological polar surface area (TPSA) is 61.8 Å². The van der Waals surface area contributed by atoms with Crippen LogP contribution in [0.5, 0.6) is 0 Å². The van der Waals surface area contributed by atoms with Crippen molar-refractivity contribution in [1.29, 1.82) is 0 Å². The summed E-state index contributed by atoms with van der Waals surface area (Å²) in [6, 6.07) is 16.0. The Morgan fingerprint density at radius 3 is 2.69 bits per heavy atom. The molecule has 138 valence electrons. The number of morpholine rings is 1. The van der Waals surface area contributed by atoms with Gasteiger partial charge in [-0.15, -0.1) is 0 Å². The van der Waals surface area contributed by atoms with Crippen molar-refractivity contribution in [3.05, 3.63) is 70.8 Å². The van der Waals surface area contributed by atoms with Crippen LogP contribution in [0.2, 0.25) is 0 Å². The van der Waals surface area contributed by atoms with Crippen molar-refractivity contribution >= 4 is 5.97 Å². The molecule has 1 fully saturated rings. The Kier molecular flexibility index (Phi) is 6.39. The summed E-state index contributed by atoms with van der Waals surface area (Å²) in [5.41, 5.74) is 3.87. The predicted molar refractivity (Wildman–Crippen MR) is 101 cm³/mol. The Morgan fingerprint density at radius 2 is 1.96 bits per heavy atom. The second-order valence-corrected chi connectivity index (χ2v) is 6.71. The van der Waals surface area contributed by atoms with E-state index in [0.29, 0.717) is 12.1 Å². The van der Waals surface area contributed by atoms with E-state index in [0.717, 1.165) is 38.4 Å². The molecule has 0 aromatic heterocycles. The number of aryl methyl sites for hydroxylation is 1. The summed E-state index contributed by atoms with van der Waals surface area (Å²) >= 11 is 0. The van der Waals surface area contributed by atoms with Gasteiger partial charge in [0.25, 0.3) is 0 Å². The van der Waals surface area contributed by atoms with Gasteiger partial charge in [0.05, 0.1) is 18.8 Å². The number of hydrogen-bond donors (Lipinski definition) is 2. The van der Waals surface area contributed by atoms with Gasteiger partial charge in [0, 0.05) is 32.2 Å². The lowest BCUT2D eigenvalue weighted by Crippen LogP contribution is -2.42. The first-order valence-electron chi connectivity index (χ1n) is 9.05. The number of nitrogens with one attached hydrogen (secondary N) is 1. The van der Waals surface area contributed by atoms with Gasteiger partial charge >= 0.3 is 5.97 Å². The van der Waals surface area contributed by atoms with E-state index in [-0.39, 0.29) is 6.04 Å². The highest BCUT2D eigenvalue weighted by molar-refractivity contribution is 5.87. The summed E-state index contributed by atoms with van der Waals surface area (Å²) < 4.78 is 5.50. The third kappa shape index (κ3) is 4.91. The fourth-order valence-electron chi connectivity index (χ4n) is 3.39. The molecule has 26 heavy (non-hydrogen) atoms. The molecule has 1 aliphatic rings. The van der Waals surface area contributed by atoms with Gasteiger partial charge in [0.1, 0.15) is 0 Å². The standard InChI is InChI=1S/C21H26N2O3/c1-16-4-2-6-18(12-16)20(23-8-10-26-11-9-23)15-22-14-17-5-3-7-19(13-17)21(24)25/h2-7,12-13,20,22H,8-11,14-15H2,1H3,(H,24,25). The molecule has 0 saturated carbocycles. The van der Waals surface area contributed by atoms with Gasteiger partial charge in [-0.05, 0) is 30.2 Å². The van der Waals surface area contributed by atoms with Gasteiger partial charge in [0.2, 0.25) is 0 Å². The summed E-state index contributed by atoms with van der Waals surface area (Å²) in [6.07, 6.45) is 0. The summed E-state index contributed by atoms with van der Waals surface area (Å²) in [6.45, 7) is 6.95. The lowest BCUT2D eigenvalue weighted by Gasteiger charge is -2.35. The molecular weight excluding hydrogens is 328 g/mol. The summed E-state index contributed by atoms with van der Waals surface area (Å²) in [7, 11) is 0. The van der Waals surface area contributed by atoms with Gasteiger partial charge < -0.3 is 15.2 Å². The van der Waals surface area contributed by atoms with Crippen LogP contribution in [-0.2, 0) is 11.3 Å². The number of nitrogens with zero attached hydrogens (tertiary/aromatic N) is 1. The second kappa shape index (κ2) is 8.94. The number of benzene rings is 2. The van der Waals surface area contributed by atoms with Crippen molar-refractivity contribution in [2.24, 2.45) is 0 Å². The van der Waals surface area contributed by atoms with E-state index < -0.39 is 5.97 Å². The van der Waals surface area contributed by atoms with Gasteiger partial charge in [0.15, 0.2) is 0 Å². The number of aromatic carboxylic acids is 1. The minimum atomic E-state index is -0.891. The maximum absolute atomic E-state index is 11.1. The highest BCUT2D eigenvalue weighted by Crippen LogP contribution is 2.22. The minimum absolute atomic E-state index is 0.279. The van der Waals surface area contributed by atoms with Crippen LogP contribution in [0.3, 0.4) is 0 Å². The molecule has 0 bridgehead atoms. The molecule has 0 spiro atoms. The Morgan fingerprint density at radius 1 is 1.19 bits per heavy atom. The number of ether oxygens (including phenoxy) is 1. The zero-order valence-corrected chi connectivity index (χ0v) is 15.1. The zero-order chi connectivity index (χ0) is 18.4. The van der Waals surface area contributed by atoms with E-state index in [1.165, 1.54) is 11.1 Å². The van der Waals surface area contributed by atoms with E-state index in [2.05, 4.69) is 41.4 Å². The molecule has 1 saturated heterocycles. The number of hydrogen-bond acceptors (Lipinski definition) is 4. The molecule has 1 unspecified atom stereocenters. The molecule has 1 aliphatic heterocycles. The predicted octanol–water partition coefficient (Wildman–Crippen LogP) is 2.86. The van der Waals surface area contributed by atoms with Crippen LogP contribution in [0.4, 0.5) is 0 Å². The third-order valence-corrected chi connectivity index (χ3v) is 4.75. The van der Waals surface area contributed by atoms with Crippen molar-refractivity contribution < 1.29 is 14.6 Å². The molecule has 5 nitrogen and oxygen atoms in total. The molecular formula is C21H26N2O3. The highest BCUT2D eigenvalue weighted by Gasteiger charge is 2.22. The fourth-order valence-corrected chi connectivity index (χ4v) is 3.39. The first kappa shape index (κ1) is 18.6. The van der Waals surface area contributed by atoms with Crippen molar-refractivity contribution in [1.82, 2.24) is 10.2 Å². The fraction of sp³-hybridized carbons (Fsp3) is 0.381. The summed E-state index contributed by atoms with van der Waals surface area (Å²) in [5.74, 6) is -0.891. The van der Waals surface area contributed by atoms with Gasteiger partial charge in [-0.1, -0.05) is 42.0 Å². The molecule has 1 atom stereocenters. The number of carboxylic acids is 1. The normalized spacial score (nSPS) is 16.3. The lowest BCUT2D eigenvalue weighted by atomic mass is 10.0. The van der Waals surface area contributed by atoms with E-state index in [9.17, 15) is 4.79 Å². The number of carbonyl (C=O) groups is 1. The van der Waals surface area contributed by atoms with Crippen molar-refractivity contribution in [3.63, 3.8) is 0 Å². The maximum Gasteiger partial charge on any atom is 0.335 e. The van der Waals surface area contributed by atoms with Gasteiger partial charge in [-0.3, -0.25) is 4.90 Å². The van der Waals surface area contributed by atoms with E-state index in [4.69, 9.17) is 9.84 Å². The van der Waals surface area contributed by atoms with E-state index >= 15 is 0 Å². The lowest BCUT2D eigenvalue weighted by molar-refractivity contribution is 0.0161. The Labute approximate surface area is 154 Å². The van der Waals surface area contributed by atoms with Crippen molar-refractivity contribution in [2.75, 3.05) is 32.8 Å². The van der Waals surface area contributed by atoms with Gasteiger partial charge in [-0.2, -0.15) is 0 Å². The zero-order valence-electron chi connectivity index (χ0n) is 15.1. The molecule has 2 aromatic carbocycles. The van der Waals surface area contributed by atoms with Crippen LogP contribution >= 0.6 is 0 Å².